The van der Waals surface area contributed by atoms with Gasteiger partial charge in [-0.1, -0.05) is 69.2 Å². The molecule has 5 heteroatoms. The first-order valence-electron chi connectivity index (χ1n) is 11.8. The largest absolute Gasteiger partial charge is 0.494 e. The van der Waals surface area contributed by atoms with E-state index in [9.17, 15) is 4.79 Å². The molecule has 1 fully saturated rings. The summed E-state index contributed by atoms with van der Waals surface area (Å²) in [5, 5.41) is 7.64. The molecular formula is C27H31N3O2. The summed E-state index contributed by atoms with van der Waals surface area (Å²) in [6, 6.07) is 18.6. The van der Waals surface area contributed by atoms with E-state index in [1.807, 2.05) is 30.3 Å². The molecule has 1 unspecified atom stereocenters. The maximum absolute atomic E-state index is 13.5. The van der Waals surface area contributed by atoms with Crippen LogP contribution in [0.5, 0.6) is 5.75 Å². The number of nitrogens with one attached hydrogen (secondary N) is 1. The normalized spacial score (nSPS) is 18.5. The molecule has 1 aliphatic heterocycles. The molecule has 1 N–H and O–H groups in total. The van der Waals surface area contributed by atoms with Crippen LogP contribution in [0, 0.1) is 5.92 Å². The highest BCUT2D eigenvalue weighted by molar-refractivity contribution is 6.00. The summed E-state index contributed by atoms with van der Waals surface area (Å²) in [6.45, 7) is 5.12. The lowest BCUT2D eigenvalue weighted by molar-refractivity contribution is 0.0660. The molecule has 166 valence electrons. The summed E-state index contributed by atoms with van der Waals surface area (Å²) < 4.78 is 5.93. The van der Waals surface area contributed by atoms with Crippen LogP contribution in [0.25, 0.3) is 11.3 Å². The number of ether oxygens (including phenoxy) is 1. The maximum atomic E-state index is 13.5. The minimum absolute atomic E-state index is 0.0730. The van der Waals surface area contributed by atoms with E-state index in [-0.39, 0.29) is 18.0 Å². The quantitative estimate of drug-likeness (QED) is 0.502. The average molecular weight is 430 g/mol. The molecule has 0 spiro atoms. The zero-order chi connectivity index (χ0) is 22.1. The van der Waals surface area contributed by atoms with Crippen LogP contribution in [0.1, 0.15) is 73.6 Å². The second-order valence-corrected chi connectivity index (χ2v) is 9.38. The molecule has 1 aromatic heterocycles. The van der Waals surface area contributed by atoms with Gasteiger partial charge in [-0.2, -0.15) is 5.10 Å². The van der Waals surface area contributed by atoms with Gasteiger partial charge in [-0.3, -0.25) is 9.89 Å². The Kier molecular flexibility index (Phi) is 5.73. The molecular weight excluding hydrogens is 398 g/mol. The van der Waals surface area contributed by atoms with Crippen molar-refractivity contribution >= 4 is 5.91 Å². The van der Waals surface area contributed by atoms with Crippen molar-refractivity contribution in [2.24, 2.45) is 5.92 Å². The topological polar surface area (TPSA) is 58.2 Å². The third-order valence-electron chi connectivity index (χ3n) is 6.73. The molecule has 2 heterocycles. The van der Waals surface area contributed by atoms with Crippen LogP contribution in [0.15, 0.2) is 54.6 Å². The number of hydrogen-bond donors (Lipinski definition) is 1. The van der Waals surface area contributed by atoms with Gasteiger partial charge < -0.3 is 9.64 Å². The third-order valence-corrected chi connectivity index (χ3v) is 6.73. The minimum Gasteiger partial charge on any atom is -0.494 e. The molecule has 1 aliphatic carbocycles. The molecule has 0 saturated heterocycles. The number of carbonyl (C=O) groups excluding carboxylic acids is 1. The highest BCUT2D eigenvalue weighted by Gasteiger charge is 2.45. The lowest BCUT2D eigenvalue weighted by Crippen LogP contribution is -2.37. The molecule has 1 atom stereocenters. The zero-order valence-corrected chi connectivity index (χ0v) is 18.9. The van der Waals surface area contributed by atoms with Crippen molar-refractivity contribution < 1.29 is 9.53 Å². The summed E-state index contributed by atoms with van der Waals surface area (Å²) >= 11 is 0. The molecule has 0 radical (unpaired) electrons. The molecule has 5 rings (SSSR count). The Balaban J connectivity index is 1.51. The summed E-state index contributed by atoms with van der Waals surface area (Å²) in [6.07, 6.45) is 5.53. The van der Waals surface area contributed by atoms with Crippen LogP contribution in [0.2, 0.25) is 0 Å². The fourth-order valence-corrected chi connectivity index (χ4v) is 5.03. The Morgan fingerprint density at radius 1 is 1.06 bits per heavy atom. The van der Waals surface area contributed by atoms with Crippen LogP contribution in [0.3, 0.4) is 0 Å². The molecule has 2 aromatic carbocycles. The number of amides is 1. The van der Waals surface area contributed by atoms with E-state index in [2.05, 4.69) is 53.2 Å². The Morgan fingerprint density at radius 3 is 2.47 bits per heavy atom. The summed E-state index contributed by atoms with van der Waals surface area (Å²) in [5.41, 5.74) is 4.65. The van der Waals surface area contributed by atoms with Gasteiger partial charge in [0, 0.05) is 17.2 Å². The van der Waals surface area contributed by atoms with Crippen molar-refractivity contribution in [1.29, 1.82) is 0 Å². The molecule has 1 saturated carbocycles. The number of H-pyrrole nitrogens is 1. The average Bonchev–Trinajstić information content (AvgIpc) is 3.53. The number of benzene rings is 2. The lowest BCUT2D eigenvalue weighted by atomic mass is 9.95. The molecule has 2 aliphatic rings. The number of hydrogen-bond acceptors (Lipinski definition) is 3. The Morgan fingerprint density at radius 2 is 1.78 bits per heavy atom. The van der Waals surface area contributed by atoms with Crippen molar-refractivity contribution in [2.45, 2.75) is 58.0 Å². The summed E-state index contributed by atoms with van der Waals surface area (Å²) in [4.78, 5) is 15.6. The van der Waals surface area contributed by atoms with Gasteiger partial charge in [0.25, 0.3) is 5.91 Å². The Hall–Kier alpha value is -3.08. The van der Waals surface area contributed by atoms with E-state index >= 15 is 0 Å². The number of fused-ring (bicyclic) bond motifs is 1. The second-order valence-electron chi connectivity index (χ2n) is 9.38. The highest BCUT2D eigenvalue weighted by Crippen LogP contribution is 2.46. The predicted molar refractivity (Wildman–Crippen MR) is 126 cm³/mol. The predicted octanol–water partition coefficient (Wildman–Crippen LogP) is 5.99. The molecule has 0 bridgehead atoms. The Labute approximate surface area is 189 Å². The van der Waals surface area contributed by atoms with Crippen molar-refractivity contribution in [3.05, 3.63) is 71.4 Å². The maximum Gasteiger partial charge on any atom is 0.273 e. The van der Waals surface area contributed by atoms with Crippen LogP contribution >= 0.6 is 0 Å². The van der Waals surface area contributed by atoms with Gasteiger partial charge in [0.15, 0.2) is 0 Å². The lowest BCUT2D eigenvalue weighted by Gasteiger charge is -2.32. The first-order valence-corrected chi connectivity index (χ1v) is 11.8. The van der Waals surface area contributed by atoms with Crippen LogP contribution in [-0.4, -0.2) is 33.7 Å². The number of rotatable bonds is 7. The highest BCUT2D eigenvalue weighted by atomic mass is 16.5. The smallest absolute Gasteiger partial charge is 0.273 e. The zero-order valence-electron chi connectivity index (χ0n) is 18.9. The summed E-state index contributed by atoms with van der Waals surface area (Å²) in [7, 11) is 0. The van der Waals surface area contributed by atoms with Crippen LogP contribution in [-0.2, 0) is 0 Å². The van der Waals surface area contributed by atoms with E-state index in [0.29, 0.717) is 11.6 Å². The molecule has 5 nitrogen and oxygen atoms in total. The molecule has 3 aromatic rings. The molecule has 32 heavy (non-hydrogen) atoms. The van der Waals surface area contributed by atoms with Gasteiger partial charge in [0.05, 0.1) is 18.3 Å². The number of nitrogens with zero attached hydrogens (tertiary/aromatic N) is 2. The first kappa shape index (κ1) is 20.8. The van der Waals surface area contributed by atoms with Gasteiger partial charge in [-0.05, 0) is 42.9 Å². The van der Waals surface area contributed by atoms with Gasteiger partial charge in [-0.15, -0.1) is 0 Å². The standard InChI is InChI=1S/C27H31N3O2/c1-18(2)16-17-32-22-14-12-20(13-15-22)26-23-24(19-8-4-3-5-9-19)28-29-25(23)27(31)30(26)21-10-6-7-11-21/h3-5,8-9,12-15,18,21,26H,6-7,10-11,16-17H2,1-2H3,(H,28,29). The van der Waals surface area contributed by atoms with E-state index < -0.39 is 0 Å². The van der Waals surface area contributed by atoms with Gasteiger partial charge in [0.2, 0.25) is 0 Å². The number of aromatic amines is 1. The van der Waals surface area contributed by atoms with Gasteiger partial charge in [-0.25, -0.2) is 0 Å². The van der Waals surface area contributed by atoms with E-state index in [4.69, 9.17) is 4.74 Å². The van der Waals surface area contributed by atoms with Crippen molar-refractivity contribution in [3.63, 3.8) is 0 Å². The second kappa shape index (κ2) is 8.81. The minimum atomic E-state index is -0.126. The summed E-state index contributed by atoms with van der Waals surface area (Å²) in [5.74, 6) is 1.57. The first-order chi connectivity index (χ1) is 15.6. The SMILES string of the molecule is CC(C)CCOc1ccc(C2c3c(-c4ccccc4)n[nH]c3C(=O)N2C2CCCC2)cc1. The van der Waals surface area contributed by atoms with E-state index in [1.54, 1.807) is 0 Å². The fraction of sp³-hybridized carbons (Fsp3) is 0.407. The monoisotopic (exact) mass is 429 g/mol. The molecule has 1 amide bonds. The third kappa shape index (κ3) is 3.81. The number of carbonyl (C=O) groups is 1. The van der Waals surface area contributed by atoms with E-state index in [0.717, 1.165) is 54.0 Å². The van der Waals surface area contributed by atoms with Crippen LogP contribution < -0.4 is 4.74 Å². The van der Waals surface area contributed by atoms with Crippen LogP contribution in [0.4, 0.5) is 0 Å². The van der Waals surface area contributed by atoms with Crippen molar-refractivity contribution in [3.8, 4) is 17.0 Å². The van der Waals surface area contributed by atoms with Gasteiger partial charge in [0.1, 0.15) is 11.4 Å². The van der Waals surface area contributed by atoms with Crippen molar-refractivity contribution in [1.82, 2.24) is 15.1 Å². The van der Waals surface area contributed by atoms with E-state index in [1.165, 1.54) is 12.8 Å². The van der Waals surface area contributed by atoms with Crippen molar-refractivity contribution in [2.75, 3.05) is 6.61 Å². The fourth-order valence-electron chi connectivity index (χ4n) is 5.03. The van der Waals surface area contributed by atoms with Gasteiger partial charge >= 0.3 is 0 Å². The number of aromatic nitrogens is 2. The Bertz CT molecular complexity index is 1070.